The molecule has 2 aromatic heterocycles. The number of nitrogens with zero attached hydrogens (tertiary/aromatic N) is 4. The van der Waals surface area contributed by atoms with Crippen molar-refractivity contribution in [1.29, 1.82) is 0 Å². The SMILES string of the molecule is c1ccc(-c2nc3ccccc3n2-c2cccc(-c3c4ccccc4c(-c4cccc(-n5c(-c6ccccc6)nc6ccccc65)c4)c4ccccc34)c2)cc1. The van der Waals surface area contributed by atoms with Gasteiger partial charge >= 0.3 is 0 Å². The summed E-state index contributed by atoms with van der Waals surface area (Å²) in [4.78, 5) is 10.3. The summed E-state index contributed by atoms with van der Waals surface area (Å²) < 4.78 is 4.59. The largest absolute Gasteiger partial charge is 0.292 e. The first-order chi connectivity index (χ1) is 27.8. The number of hydrogen-bond donors (Lipinski definition) is 0. The van der Waals surface area contributed by atoms with Gasteiger partial charge in [0.15, 0.2) is 0 Å². The van der Waals surface area contributed by atoms with Crippen molar-refractivity contribution in [3.8, 4) is 56.4 Å². The highest BCUT2D eigenvalue weighted by Crippen LogP contribution is 2.45. The fraction of sp³-hybridized carbons (Fsp3) is 0. The highest BCUT2D eigenvalue weighted by Gasteiger charge is 2.20. The fourth-order valence-corrected chi connectivity index (χ4v) is 8.49. The first kappa shape index (κ1) is 31.9. The molecule has 11 rings (SSSR count). The molecule has 2 heterocycles. The highest BCUT2D eigenvalue weighted by atomic mass is 15.1. The van der Waals surface area contributed by atoms with E-state index in [1.54, 1.807) is 0 Å². The van der Waals surface area contributed by atoms with Gasteiger partial charge in [-0.05, 0) is 92.3 Å². The third-order valence-electron chi connectivity index (χ3n) is 10.9. The molecule has 4 heteroatoms. The predicted molar refractivity (Wildman–Crippen MR) is 232 cm³/mol. The monoisotopic (exact) mass is 714 g/mol. The minimum absolute atomic E-state index is 0.926. The number of hydrogen-bond acceptors (Lipinski definition) is 2. The van der Waals surface area contributed by atoms with E-state index in [0.29, 0.717) is 0 Å². The third kappa shape index (κ3) is 5.15. The van der Waals surface area contributed by atoms with Crippen LogP contribution < -0.4 is 0 Å². The Morgan fingerprint density at radius 2 is 0.625 bits per heavy atom. The van der Waals surface area contributed by atoms with Crippen LogP contribution in [0.3, 0.4) is 0 Å². The van der Waals surface area contributed by atoms with Gasteiger partial charge in [0, 0.05) is 22.5 Å². The Morgan fingerprint density at radius 1 is 0.286 bits per heavy atom. The second-order valence-corrected chi connectivity index (χ2v) is 14.2. The second-order valence-electron chi connectivity index (χ2n) is 14.2. The standard InChI is InChI=1S/C52H34N4/c1-3-17-35(18-4-1)51-53-45-29-11-13-31-47(45)55(51)39-23-15-21-37(33-39)49-41-25-7-9-27-43(41)50(44-28-10-8-26-42(44)49)38-22-16-24-40(34-38)56-48-32-14-12-30-46(48)54-52(56)36-19-5-2-6-20-36/h1-34H. The van der Waals surface area contributed by atoms with Crippen LogP contribution in [-0.2, 0) is 0 Å². The van der Waals surface area contributed by atoms with Crippen molar-refractivity contribution in [2.45, 2.75) is 0 Å². The van der Waals surface area contributed by atoms with Crippen molar-refractivity contribution >= 4 is 43.6 Å². The molecule has 11 aromatic rings. The smallest absolute Gasteiger partial charge is 0.145 e. The molecule has 0 saturated carbocycles. The molecular formula is C52H34N4. The minimum atomic E-state index is 0.926. The molecule has 0 spiro atoms. The van der Waals surface area contributed by atoms with Crippen LogP contribution in [0.25, 0.3) is 100 Å². The van der Waals surface area contributed by atoms with Crippen molar-refractivity contribution in [2.75, 3.05) is 0 Å². The van der Waals surface area contributed by atoms with Gasteiger partial charge in [-0.2, -0.15) is 0 Å². The molecular weight excluding hydrogens is 681 g/mol. The van der Waals surface area contributed by atoms with Gasteiger partial charge in [-0.15, -0.1) is 0 Å². The maximum atomic E-state index is 5.13. The molecule has 0 saturated heterocycles. The van der Waals surface area contributed by atoms with Crippen LogP contribution in [0.15, 0.2) is 206 Å². The number of aromatic nitrogens is 4. The molecule has 0 bridgehead atoms. The van der Waals surface area contributed by atoms with E-state index in [4.69, 9.17) is 9.97 Å². The average Bonchev–Trinajstić information content (AvgIpc) is 3.86. The van der Waals surface area contributed by atoms with Gasteiger partial charge < -0.3 is 0 Å². The predicted octanol–water partition coefficient (Wildman–Crippen LogP) is 13.3. The molecule has 0 N–H and O–H groups in total. The van der Waals surface area contributed by atoms with Crippen molar-refractivity contribution in [1.82, 2.24) is 19.1 Å². The Labute approximate surface area is 324 Å². The summed E-state index contributed by atoms with van der Waals surface area (Å²) in [6.07, 6.45) is 0. The van der Waals surface area contributed by atoms with Gasteiger partial charge in [-0.25, -0.2) is 9.97 Å². The number of imidazole rings is 2. The normalized spacial score (nSPS) is 11.6. The lowest BCUT2D eigenvalue weighted by molar-refractivity contribution is 1.10. The zero-order valence-electron chi connectivity index (χ0n) is 30.4. The van der Waals surface area contributed by atoms with Crippen LogP contribution >= 0.6 is 0 Å². The molecule has 0 aliphatic heterocycles. The Morgan fingerprint density at radius 3 is 1.04 bits per heavy atom. The summed E-state index contributed by atoms with van der Waals surface area (Å²) in [5.74, 6) is 1.85. The summed E-state index contributed by atoms with van der Waals surface area (Å²) in [6, 6.07) is 73.3. The van der Waals surface area contributed by atoms with E-state index in [2.05, 4.69) is 215 Å². The van der Waals surface area contributed by atoms with E-state index in [1.165, 1.54) is 32.7 Å². The van der Waals surface area contributed by atoms with Crippen molar-refractivity contribution in [2.24, 2.45) is 0 Å². The van der Waals surface area contributed by atoms with E-state index in [0.717, 1.165) is 67.3 Å². The number of para-hydroxylation sites is 4. The zero-order valence-corrected chi connectivity index (χ0v) is 30.4. The first-order valence-electron chi connectivity index (χ1n) is 19.0. The van der Waals surface area contributed by atoms with Crippen LogP contribution in [0.4, 0.5) is 0 Å². The van der Waals surface area contributed by atoms with Gasteiger partial charge in [0.1, 0.15) is 11.6 Å². The lowest BCUT2D eigenvalue weighted by Crippen LogP contribution is -1.99. The van der Waals surface area contributed by atoms with Gasteiger partial charge in [0.2, 0.25) is 0 Å². The van der Waals surface area contributed by atoms with E-state index in [1.807, 2.05) is 0 Å². The summed E-state index contributed by atoms with van der Waals surface area (Å²) in [5.41, 5.74) is 13.2. The second kappa shape index (κ2) is 13.1. The minimum Gasteiger partial charge on any atom is -0.292 e. The number of benzene rings is 9. The van der Waals surface area contributed by atoms with E-state index < -0.39 is 0 Å². The quantitative estimate of drug-likeness (QED) is 0.161. The van der Waals surface area contributed by atoms with Gasteiger partial charge in [0.25, 0.3) is 0 Å². The third-order valence-corrected chi connectivity index (χ3v) is 10.9. The molecule has 0 aliphatic rings. The molecule has 9 aromatic carbocycles. The molecule has 0 amide bonds. The fourth-order valence-electron chi connectivity index (χ4n) is 8.49. The lowest BCUT2D eigenvalue weighted by Gasteiger charge is -2.19. The maximum Gasteiger partial charge on any atom is 0.145 e. The number of rotatable bonds is 6. The van der Waals surface area contributed by atoms with E-state index in [-0.39, 0.29) is 0 Å². The Bertz CT molecular complexity index is 2970. The van der Waals surface area contributed by atoms with Crippen molar-refractivity contribution in [3.63, 3.8) is 0 Å². The average molecular weight is 715 g/mol. The molecule has 0 fully saturated rings. The molecule has 0 radical (unpaired) electrons. The summed E-state index contributed by atoms with van der Waals surface area (Å²) in [5, 5.41) is 4.84. The van der Waals surface area contributed by atoms with Crippen molar-refractivity contribution in [3.05, 3.63) is 206 Å². The Kier molecular flexibility index (Phi) is 7.46. The maximum absolute atomic E-state index is 5.13. The molecule has 0 aliphatic carbocycles. The lowest BCUT2D eigenvalue weighted by atomic mass is 9.86. The van der Waals surface area contributed by atoms with Gasteiger partial charge in [-0.1, -0.05) is 158 Å². The van der Waals surface area contributed by atoms with Crippen LogP contribution in [-0.4, -0.2) is 19.1 Å². The van der Waals surface area contributed by atoms with Crippen LogP contribution in [0.1, 0.15) is 0 Å². The summed E-state index contributed by atoms with van der Waals surface area (Å²) in [6.45, 7) is 0. The molecule has 0 atom stereocenters. The summed E-state index contributed by atoms with van der Waals surface area (Å²) in [7, 11) is 0. The summed E-state index contributed by atoms with van der Waals surface area (Å²) >= 11 is 0. The highest BCUT2D eigenvalue weighted by molar-refractivity contribution is 6.21. The molecule has 4 nitrogen and oxygen atoms in total. The Hall–Kier alpha value is -7.56. The Balaban J connectivity index is 1.13. The van der Waals surface area contributed by atoms with E-state index >= 15 is 0 Å². The van der Waals surface area contributed by atoms with Crippen LogP contribution in [0.5, 0.6) is 0 Å². The molecule has 0 unspecified atom stereocenters. The molecule has 56 heavy (non-hydrogen) atoms. The van der Waals surface area contributed by atoms with Crippen LogP contribution in [0.2, 0.25) is 0 Å². The van der Waals surface area contributed by atoms with Crippen LogP contribution in [0, 0.1) is 0 Å². The van der Waals surface area contributed by atoms with E-state index in [9.17, 15) is 0 Å². The topological polar surface area (TPSA) is 35.6 Å². The van der Waals surface area contributed by atoms with Gasteiger partial charge in [0.05, 0.1) is 22.1 Å². The molecule has 262 valence electrons. The van der Waals surface area contributed by atoms with Gasteiger partial charge in [-0.3, -0.25) is 9.13 Å². The van der Waals surface area contributed by atoms with Crippen molar-refractivity contribution < 1.29 is 0 Å². The zero-order chi connectivity index (χ0) is 37.0. The first-order valence-corrected chi connectivity index (χ1v) is 19.0. The number of fused-ring (bicyclic) bond motifs is 4.